The quantitative estimate of drug-likeness (QED) is 0.496. The summed E-state index contributed by atoms with van der Waals surface area (Å²) in [7, 11) is 2.84. The number of allylic oxidation sites excluding steroid dienone is 3. The number of hydrogen-bond donors (Lipinski definition) is 1. The molecule has 31 heavy (non-hydrogen) atoms. The number of carbonyl (C=O) groups is 3. The Labute approximate surface area is 189 Å². The first-order valence-corrected chi connectivity index (χ1v) is 10.9. The lowest BCUT2D eigenvalue weighted by atomic mass is 9.69. The number of ketones is 1. The van der Waals surface area contributed by atoms with Gasteiger partial charge in [0.25, 0.3) is 0 Å². The van der Waals surface area contributed by atoms with E-state index >= 15 is 0 Å². The summed E-state index contributed by atoms with van der Waals surface area (Å²) in [5.41, 5.74) is 2.82. The topological polar surface area (TPSA) is 90.9 Å². The standard InChI is InChI=1S/C23H26BrNO6/c1-6-31-23(28)18-12(3)25-15-9-11(2)17(22(27)30-5)21(26)20(15)19(18)13-7-8-16(29-4)14(24)10-13/h7-8,10-11,17,19,25H,6,9H2,1-5H3. The zero-order valence-electron chi connectivity index (χ0n) is 18.2. The first kappa shape index (κ1) is 23.1. The van der Waals surface area contributed by atoms with Crippen molar-refractivity contribution in [3.8, 4) is 5.75 Å². The van der Waals surface area contributed by atoms with Crippen molar-refractivity contribution in [2.75, 3.05) is 20.8 Å². The minimum Gasteiger partial charge on any atom is -0.496 e. The SMILES string of the molecule is CCOC(=O)C1=C(C)NC2=C(C(=O)C(C(=O)OC)C(C)C2)C1c1ccc(OC)c(Br)c1. The van der Waals surface area contributed by atoms with E-state index in [1.54, 1.807) is 27.0 Å². The molecule has 1 aliphatic carbocycles. The Kier molecular flexibility index (Phi) is 6.89. The Morgan fingerprint density at radius 3 is 2.55 bits per heavy atom. The molecule has 1 aliphatic heterocycles. The van der Waals surface area contributed by atoms with E-state index < -0.39 is 23.8 Å². The summed E-state index contributed by atoms with van der Waals surface area (Å²) < 4.78 is 16.2. The number of halogens is 1. The van der Waals surface area contributed by atoms with Crippen LogP contribution in [0.15, 0.2) is 45.2 Å². The summed E-state index contributed by atoms with van der Waals surface area (Å²) in [6.07, 6.45) is 0.488. The third kappa shape index (κ3) is 4.13. The molecule has 3 atom stereocenters. The van der Waals surface area contributed by atoms with Gasteiger partial charge in [-0.2, -0.15) is 0 Å². The van der Waals surface area contributed by atoms with Gasteiger partial charge in [0.05, 0.1) is 30.9 Å². The first-order valence-electron chi connectivity index (χ1n) is 10.1. The molecule has 0 saturated heterocycles. The van der Waals surface area contributed by atoms with Crippen LogP contribution in [-0.4, -0.2) is 38.5 Å². The minimum absolute atomic E-state index is 0.205. The fraction of sp³-hybridized carbons (Fsp3) is 0.435. The van der Waals surface area contributed by atoms with Gasteiger partial charge in [-0.25, -0.2) is 4.79 Å². The molecule has 3 rings (SSSR count). The van der Waals surface area contributed by atoms with Crippen molar-refractivity contribution in [1.82, 2.24) is 5.32 Å². The van der Waals surface area contributed by atoms with Gasteiger partial charge < -0.3 is 19.5 Å². The average molecular weight is 492 g/mol. The predicted molar refractivity (Wildman–Crippen MR) is 117 cm³/mol. The molecule has 0 radical (unpaired) electrons. The van der Waals surface area contributed by atoms with Gasteiger partial charge in [0, 0.05) is 22.9 Å². The van der Waals surface area contributed by atoms with E-state index in [9.17, 15) is 14.4 Å². The molecular weight excluding hydrogens is 466 g/mol. The van der Waals surface area contributed by atoms with Crippen molar-refractivity contribution in [2.45, 2.75) is 33.1 Å². The molecule has 7 nitrogen and oxygen atoms in total. The fourth-order valence-electron chi connectivity index (χ4n) is 4.36. The van der Waals surface area contributed by atoms with Crippen LogP contribution in [0.3, 0.4) is 0 Å². The van der Waals surface area contributed by atoms with Crippen molar-refractivity contribution in [1.29, 1.82) is 0 Å². The molecule has 0 bridgehead atoms. The van der Waals surface area contributed by atoms with Crippen LogP contribution < -0.4 is 10.1 Å². The number of Topliss-reactive ketones (excluding diaryl/α,β-unsaturated/α-hetero) is 1. The summed E-state index contributed by atoms with van der Waals surface area (Å²) >= 11 is 3.49. The van der Waals surface area contributed by atoms with Crippen LogP contribution >= 0.6 is 15.9 Å². The highest BCUT2D eigenvalue weighted by atomic mass is 79.9. The van der Waals surface area contributed by atoms with Gasteiger partial charge in [0.2, 0.25) is 0 Å². The molecule has 0 amide bonds. The van der Waals surface area contributed by atoms with Crippen molar-refractivity contribution < 1.29 is 28.6 Å². The van der Waals surface area contributed by atoms with Crippen LogP contribution in [0.5, 0.6) is 5.75 Å². The maximum Gasteiger partial charge on any atom is 0.336 e. The van der Waals surface area contributed by atoms with Crippen molar-refractivity contribution in [2.24, 2.45) is 11.8 Å². The van der Waals surface area contributed by atoms with Crippen molar-refractivity contribution >= 4 is 33.7 Å². The van der Waals surface area contributed by atoms with E-state index in [2.05, 4.69) is 21.2 Å². The number of esters is 2. The number of nitrogens with one attached hydrogen (secondary N) is 1. The summed E-state index contributed by atoms with van der Waals surface area (Å²) in [5.74, 6) is -2.60. The number of hydrogen-bond acceptors (Lipinski definition) is 7. The van der Waals surface area contributed by atoms with Gasteiger partial charge in [-0.05, 0) is 59.8 Å². The minimum atomic E-state index is -0.920. The molecule has 0 fully saturated rings. The second-order valence-corrected chi connectivity index (χ2v) is 8.50. The van der Waals surface area contributed by atoms with Gasteiger partial charge in [-0.1, -0.05) is 13.0 Å². The Bertz CT molecular complexity index is 996. The third-order valence-electron chi connectivity index (χ3n) is 5.75. The summed E-state index contributed by atoms with van der Waals surface area (Å²) in [4.78, 5) is 38.9. The van der Waals surface area contributed by atoms with Gasteiger partial charge in [0.1, 0.15) is 11.7 Å². The first-order chi connectivity index (χ1) is 14.7. The second kappa shape index (κ2) is 9.26. The monoisotopic (exact) mass is 491 g/mol. The Hall–Kier alpha value is -2.61. The smallest absolute Gasteiger partial charge is 0.336 e. The van der Waals surface area contributed by atoms with Gasteiger partial charge >= 0.3 is 11.9 Å². The van der Waals surface area contributed by atoms with Crippen molar-refractivity contribution in [3.05, 3.63) is 50.8 Å². The number of dihydropyridines is 1. The molecule has 8 heteroatoms. The van der Waals surface area contributed by atoms with Crippen LogP contribution in [0, 0.1) is 11.8 Å². The largest absolute Gasteiger partial charge is 0.496 e. The van der Waals surface area contributed by atoms with E-state index in [1.807, 2.05) is 19.1 Å². The van der Waals surface area contributed by atoms with Crippen LogP contribution in [-0.2, 0) is 23.9 Å². The van der Waals surface area contributed by atoms with Crippen LogP contribution in [0.25, 0.3) is 0 Å². The molecule has 1 heterocycles. The number of benzene rings is 1. The highest BCUT2D eigenvalue weighted by Crippen LogP contribution is 2.46. The highest BCUT2D eigenvalue weighted by molar-refractivity contribution is 9.10. The number of methoxy groups -OCH3 is 2. The molecule has 1 aromatic rings. The molecule has 0 aromatic heterocycles. The molecule has 0 spiro atoms. The Morgan fingerprint density at radius 2 is 1.97 bits per heavy atom. The van der Waals surface area contributed by atoms with Crippen molar-refractivity contribution in [3.63, 3.8) is 0 Å². The average Bonchev–Trinajstić information content (AvgIpc) is 2.72. The lowest BCUT2D eigenvalue weighted by Crippen LogP contribution is -2.43. The van der Waals surface area contributed by atoms with E-state index in [0.717, 1.165) is 11.3 Å². The van der Waals surface area contributed by atoms with Crippen LogP contribution in [0.1, 0.15) is 38.7 Å². The molecule has 1 aromatic carbocycles. The third-order valence-corrected chi connectivity index (χ3v) is 6.37. The second-order valence-electron chi connectivity index (χ2n) is 7.65. The number of carbonyl (C=O) groups excluding carboxylic acids is 3. The Balaban J connectivity index is 2.21. The van der Waals surface area contributed by atoms with Crippen LogP contribution in [0.4, 0.5) is 0 Å². The van der Waals surface area contributed by atoms with Gasteiger partial charge in [-0.3, -0.25) is 9.59 Å². The van der Waals surface area contributed by atoms with Gasteiger partial charge in [0.15, 0.2) is 5.78 Å². The van der Waals surface area contributed by atoms with Gasteiger partial charge in [-0.15, -0.1) is 0 Å². The molecule has 0 saturated carbocycles. The normalized spacial score (nSPS) is 23.2. The number of ether oxygens (including phenoxy) is 3. The van der Waals surface area contributed by atoms with E-state index in [4.69, 9.17) is 14.2 Å². The summed E-state index contributed by atoms with van der Waals surface area (Å²) in [5, 5.41) is 3.23. The zero-order valence-corrected chi connectivity index (χ0v) is 19.8. The molecule has 166 valence electrons. The lowest BCUT2D eigenvalue weighted by molar-refractivity contribution is -0.151. The van der Waals surface area contributed by atoms with E-state index in [0.29, 0.717) is 33.5 Å². The maximum atomic E-state index is 13.6. The lowest BCUT2D eigenvalue weighted by Gasteiger charge is -2.38. The highest BCUT2D eigenvalue weighted by Gasteiger charge is 2.47. The summed E-state index contributed by atoms with van der Waals surface area (Å²) in [6.45, 7) is 5.58. The van der Waals surface area contributed by atoms with E-state index in [-0.39, 0.29) is 18.3 Å². The zero-order chi connectivity index (χ0) is 22.9. The maximum absolute atomic E-state index is 13.6. The predicted octanol–water partition coefficient (Wildman–Crippen LogP) is 3.63. The van der Waals surface area contributed by atoms with Crippen LogP contribution in [0.2, 0.25) is 0 Å². The fourth-order valence-corrected chi connectivity index (χ4v) is 4.91. The molecule has 2 aliphatic rings. The van der Waals surface area contributed by atoms with E-state index in [1.165, 1.54) is 7.11 Å². The molecule has 1 N–H and O–H groups in total. The molecular formula is C23H26BrNO6. The Morgan fingerprint density at radius 1 is 1.26 bits per heavy atom. The summed E-state index contributed by atoms with van der Waals surface area (Å²) in [6, 6.07) is 5.41. The molecule has 3 unspecified atom stereocenters. The number of rotatable bonds is 5.